The van der Waals surface area contributed by atoms with E-state index in [1.54, 1.807) is 30.5 Å². The normalized spacial score (nSPS) is 10.4. The fourth-order valence-corrected chi connectivity index (χ4v) is 1.84. The van der Waals surface area contributed by atoms with Crippen molar-refractivity contribution in [2.45, 2.75) is 6.42 Å². The minimum absolute atomic E-state index is 0.256. The van der Waals surface area contributed by atoms with E-state index in [2.05, 4.69) is 15.1 Å². The van der Waals surface area contributed by atoms with Crippen molar-refractivity contribution in [2.24, 2.45) is 0 Å². The molecule has 0 saturated heterocycles. The first-order chi connectivity index (χ1) is 9.76. The van der Waals surface area contributed by atoms with E-state index >= 15 is 0 Å². The highest BCUT2D eigenvalue weighted by Gasteiger charge is 2.12. The molecule has 0 bridgehead atoms. The van der Waals surface area contributed by atoms with Crippen LogP contribution in [0.1, 0.15) is 17.1 Å². The van der Waals surface area contributed by atoms with Gasteiger partial charge in [0.1, 0.15) is 17.6 Å². The Labute approximate surface area is 113 Å². The van der Waals surface area contributed by atoms with Crippen LogP contribution in [-0.4, -0.2) is 15.1 Å². The smallest absolute Gasteiger partial charge is 0.259 e. The Balaban J connectivity index is 1.84. The lowest BCUT2D eigenvalue weighted by atomic mass is 10.1. The van der Waals surface area contributed by atoms with Crippen LogP contribution in [0.5, 0.6) is 0 Å². The van der Waals surface area contributed by atoms with Gasteiger partial charge in [0.2, 0.25) is 0 Å². The highest BCUT2D eigenvalue weighted by molar-refractivity contribution is 5.54. The molecule has 0 radical (unpaired) electrons. The molecule has 3 aromatic rings. The zero-order chi connectivity index (χ0) is 13.9. The second-order valence-electron chi connectivity index (χ2n) is 4.20. The van der Waals surface area contributed by atoms with Crippen LogP contribution in [0.4, 0.5) is 4.39 Å². The Kier molecular flexibility index (Phi) is 3.01. The van der Waals surface area contributed by atoms with Crippen molar-refractivity contribution in [1.29, 1.82) is 5.26 Å². The lowest BCUT2D eigenvalue weighted by molar-refractivity contribution is 0.423. The minimum atomic E-state index is -0.299. The molecule has 0 fully saturated rings. The van der Waals surface area contributed by atoms with Crippen molar-refractivity contribution in [1.82, 2.24) is 15.1 Å². The van der Waals surface area contributed by atoms with Crippen molar-refractivity contribution in [3.8, 4) is 17.5 Å². The average Bonchev–Trinajstić information content (AvgIpc) is 3.10. The molecular weight excluding hydrogens is 259 g/mol. The molecule has 2 aromatic heterocycles. The second-order valence-corrected chi connectivity index (χ2v) is 4.20. The van der Waals surface area contributed by atoms with Gasteiger partial charge in [0.15, 0.2) is 5.82 Å². The van der Waals surface area contributed by atoms with Crippen LogP contribution in [0, 0.1) is 17.1 Å². The molecule has 1 aromatic carbocycles. The zero-order valence-electron chi connectivity index (χ0n) is 10.3. The van der Waals surface area contributed by atoms with E-state index in [0.717, 1.165) is 0 Å². The Morgan fingerprint density at radius 2 is 2.20 bits per heavy atom. The fourth-order valence-electron chi connectivity index (χ4n) is 1.84. The molecule has 0 amide bonds. The summed E-state index contributed by atoms with van der Waals surface area (Å²) < 4.78 is 18.6. The summed E-state index contributed by atoms with van der Waals surface area (Å²) in [7, 11) is 0. The van der Waals surface area contributed by atoms with Crippen LogP contribution >= 0.6 is 0 Å². The van der Waals surface area contributed by atoms with Gasteiger partial charge in [-0.1, -0.05) is 23.4 Å². The number of nitrogens with zero attached hydrogens (tertiary/aromatic N) is 3. The molecular formula is C14H9FN4O. The van der Waals surface area contributed by atoms with E-state index < -0.39 is 0 Å². The third-order valence-corrected chi connectivity index (χ3v) is 2.82. The predicted molar refractivity (Wildman–Crippen MR) is 68.0 cm³/mol. The summed E-state index contributed by atoms with van der Waals surface area (Å²) in [5.74, 6) is 0.395. The van der Waals surface area contributed by atoms with Crippen LogP contribution in [0.2, 0.25) is 0 Å². The summed E-state index contributed by atoms with van der Waals surface area (Å²) in [5.41, 5.74) is 1.55. The lowest BCUT2D eigenvalue weighted by Gasteiger charge is -1.97. The summed E-state index contributed by atoms with van der Waals surface area (Å²) in [6.07, 6.45) is 1.87. The molecule has 0 saturated carbocycles. The Bertz CT molecular complexity index is 784. The molecule has 0 aliphatic heterocycles. The van der Waals surface area contributed by atoms with Crippen molar-refractivity contribution in [2.75, 3.05) is 0 Å². The SMILES string of the molecule is N#Cc1cc(-c2nc(Cc3ccccc3F)no2)c[nH]1. The van der Waals surface area contributed by atoms with E-state index in [1.807, 2.05) is 6.07 Å². The second kappa shape index (κ2) is 4.97. The van der Waals surface area contributed by atoms with Gasteiger partial charge in [-0.25, -0.2) is 4.39 Å². The van der Waals surface area contributed by atoms with Gasteiger partial charge in [-0.05, 0) is 17.7 Å². The molecule has 5 nitrogen and oxygen atoms in total. The molecule has 0 spiro atoms. The third kappa shape index (κ3) is 2.29. The van der Waals surface area contributed by atoms with Gasteiger partial charge in [0.25, 0.3) is 5.89 Å². The molecule has 0 aliphatic rings. The molecule has 3 rings (SSSR count). The van der Waals surface area contributed by atoms with Crippen LogP contribution in [0.25, 0.3) is 11.5 Å². The van der Waals surface area contributed by atoms with E-state index in [0.29, 0.717) is 28.5 Å². The molecule has 20 heavy (non-hydrogen) atoms. The van der Waals surface area contributed by atoms with Gasteiger partial charge in [0, 0.05) is 12.6 Å². The first kappa shape index (κ1) is 12.1. The maximum atomic E-state index is 13.5. The van der Waals surface area contributed by atoms with Gasteiger partial charge < -0.3 is 9.51 Å². The first-order valence-electron chi connectivity index (χ1n) is 5.91. The minimum Gasteiger partial charge on any atom is -0.352 e. The van der Waals surface area contributed by atoms with Gasteiger partial charge in [-0.15, -0.1) is 0 Å². The lowest BCUT2D eigenvalue weighted by Crippen LogP contribution is -1.94. The number of aromatic nitrogens is 3. The highest BCUT2D eigenvalue weighted by Crippen LogP contribution is 2.19. The quantitative estimate of drug-likeness (QED) is 0.792. The number of hydrogen-bond acceptors (Lipinski definition) is 4. The highest BCUT2D eigenvalue weighted by atomic mass is 19.1. The summed E-state index contributed by atoms with van der Waals surface area (Å²) >= 11 is 0. The number of benzene rings is 1. The van der Waals surface area contributed by atoms with Crippen molar-refractivity contribution in [3.05, 3.63) is 59.4 Å². The molecule has 0 aliphatic carbocycles. The Morgan fingerprint density at radius 3 is 2.95 bits per heavy atom. The number of H-pyrrole nitrogens is 1. The number of halogens is 1. The fraction of sp³-hybridized carbons (Fsp3) is 0.0714. The number of hydrogen-bond donors (Lipinski definition) is 1. The van der Waals surface area contributed by atoms with E-state index in [9.17, 15) is 4.39 Å². The van der Waals surface area contributed by atoms with E-state index in [-0.39, 0.29) is 12.2 Å². The van der Waals surface area contributed by atoms with Gasteiger partial charge >= 0.3 is 0 Å². The largest absolute Gasteiger partial charge is 0.352 e. The van der Waals surface area contributed by atoms with Crippen LogP contribution in [0.15, 0.2) is 41.1 Å². The molecule has 98 valence electrons. The summed E-state index contributed by atoms with van der Waals surface area (Å²) in [4.78, 5) is 6.96. The first-order valence-corrected chi connectivity index (χ1v) is 5.91. The maximum absolute atomic E-state index is 13.5. The van der Waals surface area contributed by atoms with Gasteiger partial charge in [0.05, 0.1) is 5.56 Å². The number of aromatic amines is 1. The molecule has 0 unspecified atom stereocenters. The monoisotopic (exact) mass is 268 g/mol. The van der Waals surface area contributed by atoms with Crippen LogP contribution < -0.4 is 0 Å². The average molecular weight is 268 g/mol. The van der Waals surface area contributed by atoms with Crippen molar-refractivity contribution in [3.63, 3.8) is 0 Å². The van der Waals surface area contributed by atoms with E-state index in [1.165, 1.54) is 6.07 Å². The summed E-state index contributed by atoms with van der Waals surface area (Å²) in [5, 5.41) is 12.6. The molecule has 2 heterocycles. The van der Waals surface area contributed by atoms with Crippen LogP contribution in [0.3, 0.4) is 0 Å². The van der Waals surface area contributed by atoms with Crippen molar-refractivity contribution < 1.29 is 8.91 Å². The zero-order valence-corrected chi connectivity index (χ0v) is 10.3. The number of nitrogens with one attached hydrogen (secondary N) is 1. The molecule has 1 N–H and O–H groups in total. The topological polar surface area (TPSA) is 78.5 Å². The summed E-state index contributed by atoms with van der Waals surface area (Å²) in [6.45, 7) is 0. The standard InChI is InChI=1S/C14H9FN4O/c15-12-4-2-1-3-9(12)6-13-18-14(20-19-13)10-5-11(7-16)17-8-10/h1-5,8,17H,6H2. The van der Waals surface area contributed by atoms with Crippen molar-refractivity contribution >= 4 is 0 Å². The molecule has 6 heteroatoms. The Morgan fingerprint density at radius 1 is 1.35 bits per heavy atom. The third-order valence-electron chi connectivity index (χ3n) is 2.82. The number of nitriles is 1. The predicted octanol–water partition coefficient (Wildman–Crippen LogP) is 2.67. The van der Waals surface area contributed by atoms with Crippen LogP contribution in [-0.2, 0) is 6.42 Å². The molecule has 0 atom stereocenters. The van der Waals surface area contributed by atoms with Gasteiger partial charge in [-0.2, -0.15) is 10.2 Å². The maximum Gasteiger partial charge on any atom is 0.259 e. The summed E-state index contributed by atoms with van der Waals surface area (Å²) in [6, 6.07) is 10.0. The number of rotatable bonds is 3. The Hall–Kier alpha value is -2.94. The van der Waals surface area contributed by atoms with E-state index in [4.69, 9.17) is 9.78 Å². The van der Waals surface area contributed by atoms with Gasteiger partial charge in [-0.3, -0.25) is 0 Å².